The Kier molecular flexibility index (Phi) is 7.78. The summed E-state index contributed by atoms with van der Waals surface area (Å²) in [6.45, 7) is 15.7. The van der Waals surface area contributed by atoms with Crippen LogP contribution in [0.25, 0.3) is 16.8 Å². The van der Waals surface area contributed by atoms with Crippen molar-refractivity contribution in [2.24, 2.45) is 11.0 Å². The van der Waals surface area contributed by atoms with Crippen molar-refractivity contribution in [3.8, 4) is 11.1 Å². The fraction of sp³-hybridized carbons (Fsp3) is 0.548. The van der Waals surface area contributed by atoms with Crippen LogP contribution >= 0.6 is 0 Å². The molecular weight excluding hydrogens is 474 g/mol. The number of hydrogen-bond donors (Lipinski definition) is 0. The first-order chi connectivity index (χ1) is 18.4. The summed E-state index contributed by atoms with van der Waals surface area (Å²) in [5.41, 5.74) is 5.39. The number of hydrogen-bond acceptors (Lipinski definition) is 5. The fourth-order valence-electron chi connectivity index (χ4n) is 6.15. The molecule has 1 atom stereocenters. The van der Waals surface area contributed by atoms with E-state index in [1.165, 1.54) is 5.56 Å². The van der Waals surface area contributed by atoms with E-state index in [9.17, 15) is 4.79 Å². The van der Waals surface area contributed by atoms with E-state index >= 15 is 0 Å². The molecule has 7 nitrogen and oxygen atoms in total. The lowest BCUT2D eigenvalue weighted by atomic mass is 9.84. The molecule has 2 aromatic rings. The Bertz CT molecular complexity index is 1170. The van der Waals surface area contributed by atoms with Gasteiger partial charge in [0.1, 0.15) is 5.60 Å². The highest BCUT2D eigenvalue weighted by atomic mass is 16.5. The zero-order valence-electron chi connectivity index (χ0n) is 23.5. The molecule has 2 aliphatic heterocycles. The Morgan fingerprint density at radius 1 is 1.08 bits per heavy atom. The van der Waals surface area contributed by atoms with Crippen LogP contribution in [0.5, 0.6) is 0 Å². The van der Waals surface area contributed by atoms with Gasteiger partial charge in [0.2, 0.25) is 5.91 Å². The molecule has 0 N–H and O–H groups in total. The molecule has 3 heterocycles. The van der Waals surface area contributed by atoms with Crippen molar-refractivity contribution < 1.29 is 9.53 Å². The van der Waals surface area contributed by atoms with E-state index in [1.807, 2.05) is 16.7 Å². The topological polar surface area (TPSA) is 53.3 Å². The average molecular weight is 518 g/mol. The molecule has 0 spiro atoms. The molecule has 0 bridgehead atoms. The lowest BCUT2D eigenvalue weighted by molar-refractivity contribution is -0.133. The summed E-state index contributed by atoms with van der Waals surface area (Å²) >= 11 is 0. The predicted octanol–water partition coefficient (Wildman–Crippen LogP) is 4.88. The molecule has 2 saturated heterocycles. The Hall–Kier alpha value is -2.90. The van der Waals surface area contributed by atoms with E-state index in [-0.39, 0.29) is 11.5 Å². The standard InChI is InChI=1S/C31H43N5O2/c1-6-28(33-16-18-34(19-17-33)30(37)25-8-9-25)29-20-26(21-36(29)32-4)24-10-12-27(13-11-24)31(38-5)14-7-15-35(22-31)23(2)3/h6,10-13,20-21,23,25H,4,7-9,14-19,22H2,1-3,5H3/b28-6+. The molecule has 3 aliphatic rings. The molecular formula is C31H43N5O2. The van der Waals surface area contributed by atoms with Crippen LogP contribution in [-0.4, -0.2) is 84.4 Å². The Morgan fingerprint density at radius 2 is 1.76 bits per heavy atom. The number of aromatic nitrogens is 1. The zero-order valence-corrected chi connectivity index (χ0v) is 23.5. The van der Waals surface area contributed by atoms with Crippen LogP contribution in [0, 0.1) is 5.92 Å². The summed E-state index contributed by atoms with van der Waals surface area (Å²) in [5.74, 6) is 0.624. The summed E-state index contributed by atoms with van der Waals surface area (Å²) in [5, 5.41) is 4.30. The first-order valence-electron chi connectivity index (χ1n) is 14.2. The number of rotatable bonds is 8. The Morgan fingerprint density at radius 3 is 2.34 bits per heavy atom. The molecule has 5 rings (SSSR count). The van der Waals surface area contributed by atoms with E-state index < -0.39 is 0 Å². The normalized spacial score (nSPS) is 23.2. The maximum atomic E-state index is 12.5. The van der Waals surface area contributed by atoms with Crippen molar-refractivity contribution in [3.05, 3.63) is 53.9 Å². The second-order valence-electron chi connectivity index (χ2n) is 11.3. The largest absolute Gasteiger partial charge is 0.372 e. The SMILES string of the molecule is C=Nn1cc(-c2ccc(C3(OC)CCCN(C(C)C)C3)cc2)cc1/C(=C\C)N1CCN(C(=O)C2CC2)CC1. The third-order valence-electron chi connectivity index (χ3n) is 8.70. The van der Waals surface area contributed by atoms with Crippen LogP contribution in [0.3, 0.4) is 0 Å². The summed E-state index contributed by atoms with van der Waals surface area (Å²) in [4.78, 5) is 19.4. The summed E-state index contributed by atoms with van der Waals surface area (Å²) in [6.07, 6.45) is 8.50. The van der Waals surface area contributed by atoms with Crippen LogP contribution in [0.15, 0.2) is 47.7 Å². The van der Waals surface area contributed by atoms with Crippen LogP contribution < -0.4 is 0 Å². The molecule has 1 aromatic carbocycles. The van der Waals surface area contributed by atoms with Gasteiger partial charge < -0.3 is 14.5 Å². The lowest BCUT2D eigenvalue weighted by Crippen LogP contribution is -2.49. The number of allylic oxidation sites excluding steroid dienone is 1. The summed E-state index contributed by atoms with van der Waals surface area (Å²) < 4.78 is 8.05. The first-order valence-corrected chi connectivity index (χ1v) is 14.2. The van der Waals surface area contributed by atoms with Gasteiger partial charge in [-0.2, -0.15) is 5.10 Å². The van der Waals surface area contributed by atoms with Gasteiger partial charge in [-0.15, -0.1) is 0 Å². The smallest absolute Gasteiger partial charge is 0.225 e. The number of benzene rings is 1. The van der Waals surface area contributed by atoms with Crippen molar-refractivity contribution in [1.82, 2.24) is 19.4 Å². The van der Waals surface area contributed by atoms with E-state index in [4.69, 9.17) is 4.74 Å². The molecule has 1 saturated carbocycles. The van der Waals surface area contributed by atoms with Crippen molar-refractivity contribution in [1.29, 1.82) is 0 Å². The molecule has 7 heteroatoms. The van der Waals surface area contributed by atoms with Gasteiger partial charge >= 0.3 is 0 Å². The number of carbonyl (C=O) groups is 1. The highest BCUT2D eigenvalue weighted by molar-refractivity contribution is 5.81. The number of likely N-dealkylation sites (tertiary alicyclic amines) is 1. The summed E-state index contributed by atoms with van der Waals surface area (Å²) in [7, 11) is 1.85. The highest BCUT2D eigenvalue weighted by Crippen LogP contribution is 2.37. The molecule has 38 heavy (non-hydrogen) atoms. The van der Waals surface area contributed by atoms with Crippen LogP contribution in [0.4, 0.5) is 0 Å². The number of ether oxygens (including phenoxy) is 1. The number of nitrogens with zero attached hydrogens (tertiary/aromatic N) is 5. The first kappa shape index (κ1) is 26.7. The minimum Gasteiger partial charge on any atom is -0.372 e. The van der Waals surface area contributed by atoms with Gasteiger partial charge in [-0.25, -0.2) is 4.68 Å². The second kappa shape index (κ2) is 11.1. The fourth-order valence-corrected chi connectivity index (χ4v) is 6.15. The van der Waals surface area contributed by atoms with Gasteiger partial charge in [-0.1, -0.05) is 30.3 Å². The van der Waals surface area contributed by atoms with Gasteiger partial charge in [0.15, 0.2) is 0 Å². The minimum atomic E-state index is -0.262. The summed E-state index contributed by atoms with van der Waals surface area (Å²) in [6, 6.07) is 11.6. The number of piperidine rings is 1. The third kappa shape index (κ3) is 5.19. The number of piperazine rings is 1. The van der Waals surface area contributed by atoms with Gasteiger partial charge in [0.25, 0.3) is 0 Å². The van der Waals surface area contributed by atoms with Crippen molar-refractivity contribution in [2.75, 3.05) is 46.4 Å². The second-order valence-corrected chi connectivity index (χ2v) is 11.3. The van der Waals surface area contributed by atoms with Crippen molar-refractivity contribution >= 4 is 18.3 Å². The Labute approximate surface area is 227 Å². The molecule has 1 aliphatic carbocycles. The molecule has 0 radical (unpaired) electrons. The van der Waals surface area contributed by atoms with Crippen molar-refractivity contribution in [3.63, 3.8) is 0 Å². The number of amides is 1. The van der Waals surface area contributed by atoms with Gasteiger partial charge in [-0.3, -0.25) is 9.69 Å². The molecule has 3 fully saturated rings. The highest BCUT2D eigenvalue weighted by Gasteiger charge is 2.38. The van der Waals surface area contributed by atoms with Gasteiger partial charge in [0.05, 0.1) is 11.4 Å². The number of methoxy groups -OCH3 is 1. The van der Waals surface area contributed by atoms with Gasteiger partial charge in [-0.05, 0) is 70.2 Å². The van der Waals surface area contributed by atoms with Crippen LogP contribution in [0.1, 0.15) is 57.7 Å². The van der Waals surface area contributed by atoms with E-state index in [0.717, 1.165) is 87.5 Å². The zero-order chi connectivity index (χ0) is 26.9. The van der Waals surface area contributed by atoms with Crippen molar-refractivity contribution in [2.45, 2.75) is 58.1 Å². The van der Waals surface area contributed by atoms with E-state index in [1.54, 1.807) is 0 Å². The van der Waals surface area contributed by atoms with Crippen LogP contribution in [-0.2, 0) is 15.1 Å². The van der Waals surface area contributed by atoms with E-state index in [0.29, 0.717) is 11.9 Å². The maximum absolute atomic E-state index is 12.5. The lowest BCUT2D eigenvalue weighted by Gasteiger charge is -2.44. The molecule has 1 amide bonds. The minimum absolute atomic E-state index is 0.262. The van der Waals surface area contributed by atoms with E-state index in [2.05, 4.69) is 85.0 Å². The maximum Gasteiger partial charge on any atom is 0.225 e. The number of carbonyl (C=O) groups excluding carboxylic acids is 1. The quantitative estimate of drug-likeness (QED) is 0.469. The van der Waals surface area contributed by atoms with Gasteiger partial charge in [0, 0.05) is 70.3 Å². The third-order valence-corrected chi connectivity index (χ3v) is 8.70. The average Bonchev–Trinajstić information content (AvgIpc) is 3.73. The van der Waals surface area contributed by atoms with Crippen LogP contribution in [0.2, 0.25) is 0 Å². The molecule has 1 unspecified atom stereocenters. The monoisotopic (exact) mass is 517 g/mol. The molecule has 204 valence electrons. The predicted molar refractivity (Wildman–Crippen MR) is 154 cm³/mol. The molecule has 1 aromatic heterocycles. The Balaban J connectivity index is 1.34.